The Balaban J connectivity index is 2.30. The van der Waals surface area contributed by atoms with Crippen molar-refractivity contribution in [1.29, 1.82) is 0 Å². The van der Waals surface area contributed by atoms with Crippen molar-refractivity contribution in [2.45, 2.75) is 0 Å². The van der Waals surface area contributed by atoms with Crippen molar-refractivity contribution < 1.29 is 9.52 Å². The van der Waals surface area contributed by atoms with Gasteiger partial charge >= 0.3 is 0 Å². The molecule has 2 heterocycles. The van der Waals surface area contributed by atoms with Gasteiger partial charge in [-0.05, 0) is 30.3 Å². The zero-order valence-corrected chi connectivity index (χ0v) is 8.90. The molecule has 82 valence electrons. The van der Waals surface area contributed by atoms with Gasteiger partial charge in [0.05, 0.1) is 5.52 Å². The molecule has 4 aromatic rings. The predicted molar refractivity (Wildman–Crippen MR) is 67.2 cm³/mol. The molecule has 0 bridgehead atoms. The maximum atomic E-state index is 9.53. The van der Waals surface area contributed by atoms with E-state index in [9.17, 15) is 5.11 Å². The van der Waals surface area contributed by atoms with Gasteiger partial charge in [0.2, 0.25) is 0 Å². The van der Waals surface area contributed by atoms with E-state index in [4.69, 9.17) is 4.42 Å². The third kappa shape index (κ3) is 1.05. The van der Waals surface area contributed by atoms with E-state index in [-0.39, 0.29) is 5.75 Å². The number of hydrogen-bond acceptors (Lipinski definition) is 2. The van der Waals surface area contributed by atoms with Crippen LogP contribution in [0, 0.1) is 0 Å². The van der Waals surface area contributed by atoms with Crippen molar-refractivity contribution in [1.82, 2.24) is 4.98 Å². The van der Waals surface area contributed by atoms with Crippen molar-refractivity contribution >= 4 is 33.0 Å². The van der Waals surface area contributed by atoms with Crippen molar-refractivity contribution in [2.75, 3.05) is 0 Å². The first-order valence-corrected chi connectivity index (χ1v) is 5.45. The van der Waals surface area contributed by atoms with Gasteiger partial charge < -0.3 is 14.5 Å². The number of fused-ring (bicyclic) bond motifs is 5. The Hall–Kier alpha value is -2.42. The van der Waals surface area contributed by atoms with Gasteiger partial charge in [0.15, 0.2) is 5.58 Å². The molecule has 4 rings (SSSR count). The Labute approximate surface area is 96.3 Å². The highest BCUT2D eigenvalue weighted by atomic mass is 16.3. The summed E-state index contributed by atoms with van der Waals surface area (Å²) >= 11 is 0. The van der Waals surface area contributed by atoms with Crippen LogP contribution >= 0.6 is 0 Å². The van der Waals surface area contributed by atoms with Crippen LogP contribution in [0.5, 0.6) is 5.75 Å². The van der Waals surface area contributed by atoms with E-state index in [1.807, 2.05) is 30.3 Å². The third-order valence-corrected chi connectivity index (χ3v) is 3.10. The first kappa shape index (κ1) is 8.70. The fraction of sp³-hybridized carbons (Fsp3) is 0. The highest BCUT2D eigenvalue weighted by Crippen LogP contribution is 2.34. The molecule has 17 heavy (non-hydrogen) atoms. The van der Waals surface area contributed by atoms with Crippen molar-refractivity contribution in [3.05, 3.63) is 42.5 Å². The highest BCUT2D eigenvalue weighted by molar-refractivity contribution is 6.14. The largest absolute Gasteiger partial charge is 0.508 e. The van der Waals surface area contributed by atoms with Crippen LogP contribution in [0.25, 0.3) is 33.0 Å². The summed E-state index contributed by atoms with van der Waals surface area (Å²) in [5, 5.41) is 11.5. The molecular weight excluding hydrogens is 214 g/mol. The van der Waals surface area contributed by atoms with E-state index >= 15 is 0 Å². The topological polar surface area (TPSA) is 49.2 Å². The monoisotopic (exact) mass is 223 g/mol. The summed E-state index contributed by atoms with van der Waals surface area (Å²) in [5.41, 5.74) is 3.62. The minimum absolute atomic E-state index is 0.249. The number of H-pyrrole nitrogens is 1. The standard InChI is InChI=1S/C14H9NO2/c16-8-5-6-11-10(7-8)14-13(15-11)9-3-1-2-4-12(9)17-14/h1-7,15-16H. The lowest BCUT2D eigenvalue weighted by Crippen LogP contribution is -1.68. The van der Waals surface area contributed by atoms with Gasteiger partial charge in [-0.25, -0.2) is 0 Å². The number of nitrogens with one attached hydrogen (secondary N) is 1. The molecule has 2 aromatic heterocycles. The molecule has 2 N–H and O–H groups in total. The number of aromatic amines is 1. The second-order valence-corrected chi connectivity index (χ2v) is 4.16. The van der Waals surface area contributed by atoms with E-state index in [0.29, 0.717) is 0 Å². The van der Waals surface area contributed by atoms with Crippen LogP contribution in [0.4, 0.5) is 0 Å². The van der Waals surface area contributed by atoms with E-state index in [1.165, 1.54) is 0 Å². The van der Waals surface area contributed by atoms with Crippen LogP contribution < -0.4 is 0 Å². The Kier molecular flexibility index (Phi) is 1.45. The summed E-state index contributed by atoms with van der Waals surface area (Å²) in [6.45, 7) is 0. The average Bonchev–Trinajstić information content (AvgIpc) is 2.85. The number of hydrogen-bond donors (Lipinski definition) is 2. The summed E-state index contributed by atoms with van der Waals surface area (Å²) in [4.78, 5) is 3.32. The van der Waals surface area contributed by atoms with E-state index in [0.717, 1.165) is 33.0 Å². The molecule has 0 amide bonds. The van der Waals surface area contributed by atoms with Gasteiger partial charge in [0.25, 0.3) is 0 Å². The predicted octanol–water partition coefficient (Wildman–Crippen LogP) is 3.77. The second-order valence-electron chi connectivity index (χ2n) is 4.16. The fourth-order valence-corrected chi connectivity index (χ4v) is 2.32. The molecule has 3 nitrogen and oxygen atoms in total. The highest BCUT2D eigenvalue weighted by Gasteiger charge is 2.12. The van der Waals surface area contributed by atoms with Crippen LogP contribution in [0.15, 0.2) is 46.9 Å². The van der Waals surface area contributed by atoms with Crippen LogP contribution in [0.3, 0.4) is 0 Å². The number of furan rings is 1. The van der Waals surface area contributed by atoms with Gasteiger partial charge in [0.1, 0.15) is 11.3 Å². The van der Waals surface area contributed by atoms with Gasteiger partial charge in [0, 0.05) is 16.3 Å². The van der Waals surface area contributed by atoms with E-state index < -0.39 is 0 Å². The van der Waals surface area contributed by atoms with Crippen molar-refractivity contribution in [3.8, 4) is 5.75 Å². The lowest BCUT2D eigenvalue weighted by molar-refractivity contribution is 0.476. The summed E-state index contributed by atoms with van der Waals surface area (Å²) in [6, 6.07) is 13.1. The molecule has 0 aliphatic carbocycles. The lowest BCUT2D eigenvalue weighted by atomic mass is 10.2. The molecule has 2 aromatic carbocycles. The molecule has 0 fully saturated rings. The average molecular weight is 223 g/mol. The molecule has 0 saturated heterocycles. The number of aromatic hydroxyl groups is 1. The Morgan fingerprint density at radius 3 is 2.82 bits per heavy atom. The van der Waals surface area contributed by atoms with Gasteiger partial charge in [-0.2, -0.15) is 0 Å². The minimum Gasteiger partial charge on any atom is -0.508 e. The molecular formula is C14H9NO2. The number of phenols is 1. The molecule has 0 aliphatic heterocycles. The lowest BCUT2D eigenvalue weighted by Gasteiger charge is -1.92. The third-order valence-electron chi connectivity index (χ3n) is 3.10. The maximum Gasteiger partial charge on any atom is 0.161 e. The smallest absolute Gasteiger partial charge is 0.161 e. The van der Waals surface area contributed by atoms with Crippen LogP contribution in [-0.4, -0.2) is 10.1 Å². The summed E-state index contributed by atoms with van der Waals surface area (Å²) < 4.78 is 5.82. The van der Waals surface area contributed by atoms with Crippen LogP contribution in [-0.2, 0) is 0 Å². The molecule has 0 saturated carbocycles. The molecule has 0 atom stereocenters. The Morgan fingerprint density at radius 1 is 1.00 bits per heavy atom. The first-order chi connectivity index (χ1) is 8.33. The van der Waals surface area contributed by atoms with Gasteiger partial charge in [-0.15, -0.1) is 0 Å². The number of benzene rings is 2. The van der Waals surface area contributed by atoms with Crippen LogP contribution in [0.1, 0.15) is 0 Å². The van der Waals surface area contributed by atoms with Gasteiger partial charge in [-0.1, -0.05) is 12.1 Å². The molecule has 0 spiro atoms. The maximum absolute atomic E-state index is 9.53. The minimum atomic E-state index is 0.249. The van der Waals surface area contributed by atoms with Crippen molar-refractivity contribution in [3.63, 3.8) is 0 Å². The Bertz CT molecular complexity index is 854. The molecule has 3 heteroatoms. The number of para-hydroxylation sites is 1. The normalized spacial score (nSPS) is 11.8. The quantitative estimate of drug-likeness (QED) is 0.476. The van der Waals surface area contributed by atoms with Crippen molar-refractivity contribution in [2.24, 2.45) is 0 Å². The number of rotatable bonds is 0. The fourth-order valence-electron chi connectivity index (χ4n) is 2.32. The SMILES string of the molecule is Oc1ccc2[nH]c3c4ccccc4oc3c2c1. The number of aromatic nitrogens is 1. The zero-order chi connectivity index (χ0) is 11.4. The van der Waals surface area contributed by atoms with Crippen LogP contribution in [0.2, 0.25) is 0 Å². The summed E-state index contributed by atoms with van der Waals surface area (Å²) in [5.74, 6) is 0.249. The van der Waals surface area contributed by atoms with E-state index in [2.05, 4.69) is 4.98 Å². The number of phenolic OH excluding ortho intramolecular Hbond substituents is 1. The first-order valence-electron chi connectivity index (χ1n) is 5.45. The second kappa shape index (κ2) is 2.83. The zero-order valence-electron chi connectivity index (χ0n) is 8.90. The molecule has 0 aliphatic rings. The summed E-state index contributed by atoms with van der Waals surface area (Å²) in [6.07, 6.45) is 0. The molecule has 0 radical (unpaired) electrons. The molecule has 0 unspecified atom stereocenters. The Morgan fingerprint density at radius 2 is 1.88 bits per heavy atom. The van der Waals surface area contributed by atoms with Gasteiger partial charge in [-0.3, -0.25) is 0 Å². The summed E-state index contributed by atoms with van der Waals surface area (Å²) in [7, 11) is 0. The van der Waals surface area contributed by atoms with E-state index in [1.54, 1.807) is 12.1 Å².